The lowest BCUT2D eigenvalue weighted by Crippen LogP contribution is -2.52. The average molecular weight is 226 g/mol. The fourth-order valence-corrected chi connectivity index (χ4v) is 2.51. The van der Waals surface area contributed by atoms with Crippen LogP contribution >= 0.6 is 0 Å². The van der Waals surface area contributed by atoms with Crippen molar-refractivity contribution in [2.75, 3.05) is 19.6 Å². The SMILES string of the molecule is O=C(O)[C@@H]1CCCCN1C(=O)N1CCCC1. The third-order valence-electron chi connectivity index (χ3n) is 3.41. The van der Waals surface area contributed by atoms with E-state index in [1.165, 1.54) is 4.90 Å². The maximum atomic E-state index is 12.1. The van der Waals surface area contributed by atoms with Gasteiger partial charge in [0.15, 0.2) is 0 Å². The van der Waals surface area contributed by atoms with Crippen LogP contribution in [0.5, 0.6) is 0 Å². The topological polar surface area (TPSA) is 60.9 Å². The summed E-state index contributed by atoms with van der Waals surface area (Å²) in [6.07, 6.45) is 4.49. The van der Waals surface area contributed by atoms with Gasteiger partial charge in [-0.3, -0.25) is 0 Å². The highest BCUT2D eigenvalue weighted by Crippen LogP contribution is 2.20. The van der Waals surface area contributed by atoms with Gasteiger partial charge in [-0.05, 0) is 32.1 Å². The quantitative estimate of drug-likeness (QED) is 0.729. The summed E-state index contributed by atoms with van der Waals surface area (Å²) in [6, 6.07) is -0.688. The van der Waals surface area contributed by atoms with E-state index in [2.05, 4.69) is 0 Å². The molecule has 0 aromatic heterocycles. The number of likely N-dealkylation sites (tertiary alicyclic amines) is 2. The molecule has 0 aromatic carbocycles. The highest BCUT2D eigenvalue weighted by Gasteiger charge is 2.34. The molecule has 2 heterocycles. The van der Waals surface area contributed by atoms with Crippen molar-refractivity contribution >= 4 is 12.0 Å². The van der Waals surface area contributed by atoms with Crippen molar-refractivity contribution in [1.29, 1.82) is 0 Å². The van der Waals surface area contributed by atoms with E-state index in [9.17, 15) is 9.59 Å². The predicted octanol–water partition coefficient (Wildman–Crippen LogP) is 1.14. The van der Waals surface area contributed by atoms with Crippen molar-refractivity contribution < 1.29 is 14.7 Å². The van der Waals surface area contributed by atoms with Gasteiger partial charge >= 0.3 is 12.0 Å². The molecule has 2 saturated heterocycles. The van der Waals surface area contributed by atoms with Crippen molar-refractivity contribution in [3.63, 3.8) is 0 Å². The highest BCUT2D eigenvalue weighted by atomic mass is 16.4. The second kappa shape index (κ2) is 4.72. The zero-order valence-corrected chi connectivity index (χ0v) is 9.39. The Labute approximate surface area is 95.0 Å². The average Bonchev–Trinajstić information content (AvgIpc) is 2.81. The summed E-state index contributed by atoms with van der Waals surface area (Å²) in [5.41, 5.74) is 0. The van der Waals surface area contributed by atoms with Gasteiger partial charge in [0.25, 0.3) is 0 Å². The number of amides is 2. The van der Waals surface area contributed by atoms with Gasteiger partial charge in [0, 0.05) is 19.6 Å². The molecule has 2 aliphatic heterocycles. The summed E-state index contributed by atoms with van der Waals surface area (Å²) in [4.78, 5) is 26.5. The second-order valence-corrected chi connectivity index (χ2v) is 4.52. The van der Waals surface area contributed by atoms with Gasteiger partial charge in [-0.15, -0.1) is 0 Å². The maximum Gasteiger partial charge on any atom is 0.326 e. The first kappa shape index (κ1) is 11.2. The van der Waals surface area contributed by atoms with Crippen LogP contribution in [-0.4, -0.2) is 52.6 Å². The van der Waals surface area contributed by atoms with E-state index in [0.29, 0.717) is 13.0 Å². The van der Waals surface area contributed by atoms with Crippen molar-refractivity contribution in [3.05, 3.63) is 0 Å². The number of carbonyl (C=O) groups is 2. The molecule has 2 rings (SSSR count). The van der Waals surface area contributed by atoms with Crippen LogP contribution in [0.3, 0.4) is 0 Å². The Hall–Kier alpha value is -1.26. The number of hydrogen-bond donors (Lipinski definition) is 1. The predicted molar refractivity (Wildman–Crippen MR) is 58.2 cm³/mol. The number of piperidine rings is 1. The molecule has 0 bridgehead atoms. The Kier molecular flexibility index (Phi) is 3.31. The summed E-state index contributed by atoms with van der Waals surface area (Å²) in [5, 5.41) is 9.09. The zero-order valence-electron chi connectivity index (χ0n) is 9.39. The number of hydrogen-bond acceptors (Lipinski definition) is 2. The lowest BCUT2D eigenvalue weighted by Gasteiger charge is -2.35. The third-order valence-corrected chi connectivity index (χ3v) is 3.41. The van der Waals surface area contributed by atoms with Crippen LogP contribution in [0.15, 0.2) is 0 Å². The van der Waals surface area contributed by atoms with Crippen LogP contribution in [0.4, 0.5) is 4.79 Å². The largest absolute Gasteiger partial charge is 0.480 e. The Balaban J connectivity index is 2.04. The summed E-state index contributed by atoms with van der Waals surface area (Å²) in [7, 11) is 0. The van der Waals surface area contributed by atoms with Gasteiger partial charge < -0.3 is 14.9 Å². The van der Waals surface area contributed by atoms with Gasteiger partial charge in [0.2, 0.25) is 0 Å². The minimum absolute atomic E-state index is 0.0791. The van der Waals surface area contributed by atoms with Gasteiger partial charge in [0.05, 0.1) is 0 Å². The molecule has 2 aliphatic rings. The smallest absolute Gasteiger partial charge is 0.326 e. The fraction of sp³-hybridized carbons (Fsp3) is 0.818. The molecule has 2 amide bonds. The van der Waals surface area contributed by atoms with Gasteiger partial charge in [-0.25, -0.2) is 9.59 Å². The Bertz CT molecular complexity index is 287. The van der Waals surface area contributed by atoms with Crippen LogP contribution < -0.4 is 0 Å². The molecule has 0 saturated carbocycles. The Morgan fingerprint density at radius 2 is 1.62 bits per heavy atom. The summed E-state index contributed by atoms with van der Waals surface area (Å²) in [6.45, 7) is 2.15. The number of nitrogens with zero attached hydrogens (tertiary/aromatic N) is 2. The van der Waals surface area contributed by atoms with Crippen molar-refractivity contribution in [3.8, 4) is 0 Å². The summed E-state index contributed by atoms with van der Waals surface area (Å²) < 4.78 is 0. The number of carboxylic acid groups (broad SMARTS) is 1. The van der Waals surface area contributed by atoms with E-state index in [-0.39, 0.29) is 6.03 Å². The number of carbonyl (C=O) groups excluding carboxylic acids is 1. The van der Waals surface area contributed by atoms with E-state index in [0.717, 1.165) is 38.8 Å². The van der Waals surface area contributed by atoms with E-state index in [1.54, 1.807) is 4.90 Å². The third kappa shape index (κ3) is 2.13. The molecule has 2 fully saturated rings. The maximum absolute atomic E-state index is 12.1. The lowest BCUT2D eigenvalue weighted by atomic mass is 10.0. The molecular weight excluding hydrogens is 208 g/mol. The second-order valence-electron chi connectivity index (χ2n) is 4.52. The molecule has 0 aromatic rings. The van der Waals surface area contributed by atoms with E-state index >= 15 is 0 Å². The van der Waals surface area contributed by atoms with E-state index in [4.69, 9.17) is 5.11 Å². The molecule has 0 radical (unpaired) electrons. The molecule has 1 N–H and O–H groups in total. The number of urea groups is 1. The minimum Gasteiger partial charge on any atom is -0.480 e. The molecule has 5 nitrogen and oxygen atoms in total. The standard InChI is InChI=1S/C11H18N2O3/c14-10(15)9-5-1-2-8-13(9)11(16)12-6-3-4-7-12/h9H,1-8H2,(H,14,15)/t9-/m0/s1. The van der Waals surface area contributed by atoms with Crippen LogP contribution in [0, 0.1) is 0 Å². The van der Waals surface area contributed by atoms with Gasteiger partial charge in [-0.2, -0.15) is 0 Å². The van der Waals surface area contributed by atoms with Gasteiger partial charge in [-0.1, -0.05) is 0 Å². The normalized spacial score (nSPS) is 25.9. The Morgan fingerprint density at radius 1 is 1.00 bits per heavy atom. The molecule has 90 valence electrons. The summed E-state index contributed by atoms with van der Waals surface area (Å²) in [5.74, 6) is -0.868. The summed E-state index contributed by atoms with van der Waals surface area (Å²) >= 11 is 0. The molecule has 0 aliphatic carbocycles. The molecule has 1 atom stereocenters. The molecule has 0 spiro atoms. The van der Waals surface area contributed by atoms with E-state index < -0.39 is 12.0 Å². The fourth-order valence-electron chi connectivity index (χ4n) is 2.51. The molecular formula is C11H18N2O3. The van der Waals surface area contributed by atoms with Crippen LogP contribution in [0.2, 0.25) is 0 Å². The molecule has 5 heteroatoms. The van der Waals surface area contributed by atoms with E-state index in [1.807, 2.05) is 0 Å². The van der Waals surface area contributed by atoms with Gasteiger partial charge in [0.1, 0.15) is 6.04 Å². The van der Waals surface area contributed by atoms with Crippen molar-refractivity contribution in [2.45, 2.75) is 38.1 Å². The monoisotopic (exact) mass is 226 g/mol. The highest BCUT2D eigenvalue weighted by molar-refractivity contribution is 5.83. The number of carboxylic acids is 1. The first-order valence-electron chi connectivity index (χ1n) is 5.98. The number of aliphatic carboxylic acids is 1. The van der Waals surface area contributed by atoms with Crippen LogP contribution in [-0.2, 0) is 4.79 Å². The number of rotatable bonds is 1. The molecule has 16 heavy (non-hydrogen) atoms. The zero-order chi connectivity index (χ0) is 11.5. The van der Waals surface area contributed by atoms with Crippen molar-refractivity contribution in [2.24, 2.45) is 0 Å². The van der Waals surface area contributed by atoms with Crippen LogP contribution in [0.25, 0.3) is 0 Å². The first-order valence-corrected chi connectivity index (χ1v) is 5.98. The molecule has 0 unspecified atom stereocenters. The van der Waals surface area contributed by atoms with Crippen molar-refractivity contribution in [1.82, 2.24) is 9.80 Å². The minimum atomic E-state index is -0.868. The van der Waals surface area contributed by atoms with Crippen LogP contribution in [0.1, 0.15) is 32.1 Å². The Morgan fingerprint density at radius 3 is 2.25 bits per heavy atom. The lowest BCUT2D eigenvalue weighted by molar-refractivity contribution is -0.143. The first-order chi connectivity index (χ1) is 7.70.